The van der Waals surface area contributed by atoms with Gasteiger partial charge >= 0.3 is 0 Å². The zero-order chi connectivity index (χ0) is 15.6. The summed E-state index contributed by atoms with van der Waals surface area (Å²) in [6, 6.07) is 0. The van der Waals surface area contributed by atoms with Gasteiger partial charge in [-0.25, -0.2) is 4.98 Å². The van der Waals surface area contributed by atoms with Crippen molar-refractivity contribution in [2.45, 2.75) is 71.8 Å². The van der Waals surface area contributed by atoms with E-state index in [0.717, 1.165) is 34.6 Å². The molecule has 118 valence electrons. The Balaban J connectivity index is 2.49. The van der Waals surface area contributed by atoms with Crippen LogP contribution in [0.1, 0.15) is 76.4 Å². The van der Waals surface area contributed by atoms with Gasteiger partial charge in [-0.15, -0.1) is 0 Å². The van der Waals surface area contributed by atoms with E-state index in [0.29, 0.717) is 18.4 Å². The summed E-state index contributed by atoms with van der Waals surface area (Å²) < 4.78 is 6.93. The number of ether oxygens (including phenoxy) is 1. The molecule has 2 unspecified atom stereocenters. The Morgan fingerprint density at radius 1 is 1.48 bits per heavy atom. The summed E-state index contributed by atoms with van der Waals surface area (Å²) >= 11 is 5.55. The first-order valence-electron chi connectivity index (χ1n) is 8.15. The lowest BCUT2D eigenvalue weighted by molar-refractivity contribution is -0.0882. The number of hydrogen-bond donors (Lipinski definition) is 1. The number of rotatable bonds is 4. The summed E-state index contributed by atoms with van der Waals surface area (Å²) in [4.78, 5) is 8.25. The van der Waals surface area contributed by atoms with Crippen LogP contribution in [0.5, 0.6) is 0 Å². The van der Waals surface area contributed by atoms with Gasteiger partial charge in [-0.2, -0.15) is 0 Å². The molecule has 1 aliphatic rings. The van der Waals surface area contributed by atoms with E-state index in [-0.39, 0.29) is 5.60 Å². The maximum Gasteiger partial charge on any atom is 0.140 e. The molecule has 4 heteroatoms. The number of aromatic amines is 1. The second kappa shape index (κ2) is 6.57. The minimum atomic E-state index is -0.278. The summed E-state index contributed by atoms with van der Waals surface area (Å²) in [6.45, 7) is 11.5. The Morgan fingerprint density at radius 2 is 2.19 bits per heavy atom. The van der Waals surface area contributed by atoms with E-state index >= 15 is 0 Å². The van der Waals surface area contributed by atoms with E-state index in [1.54, 1.807) is 0 Å². The third kappa shape index (κ3) is 3.37. The molecule has 1 heterocycles. The van der Waals surface area contributed by atoms with Gasteiger partial charge in [0.15, 0.2) is 0 Å². The quantitative estimate of drug-likeness (QED) is 0.794. The van der Waals surface area contributed by atoms with Crippen LogP contribution >= 0.6 is 12.2 Å². The van der Waals surface area contributed by atoms with Gasteiger partial charge in [0.25, 0.3) is 0 Å². The number of aryl methyl sites for hydroxylation is 1. The fourth-order valence-corrected chi connectivity index (χ4v) is 4.16. The van der Waals surface area contributed by atoms with Gasteiger partial charge in [0.1, 0.15) is 16.1 Å². The van der Waals surface area contributed by atoms with Crippen LogP contribution in [0, 0.1) is 17.5 Å². The average molecular weight is 308 g/mol. The lowest BCUT2D eigenvalue weighted by Crippen LogP contribution is -2.37. The lowest BCUT2D eigenvalue weighted by Gasteiger charge is -2.39. The minimum Gasteiger partial charge on any atom is -0.367 e. The highest BCUT2D eigenvalue weighted by Crippen LogP contribution is 2.41. The Labute approximate surface area is 133 Å². The van der Waals surface area contributed by atoms with Crippen LogP contribution in [0.2, 0.25) is 0 Å². The molecule has 0 saturated heterocycles. The molecule has 1 aliphatic carbocycles. The first-order valence-corrected chi connectivity index (χ1v) is 8.55. The van der Waals surface area contributed by atoms with Crippen molar-refractivity contribution in [3.63, 3.8) is 0 Å². The molecule has 0 bridgehead atoms. The predicted molar refractivity (Wildman–Crippen MR) is 89.2 cm³/mol. The second-order valence-corrected chi connectivity index (χ2v) is 7.10. The van der Waals surface area contributed by atoms with Crippen molar-refractivity contribution in [3.05, 3.63) is 21.7 Å². The molecule has 2 atom stereocenters. The second-order valence-electron chi connectivity index (χ2n) is 6.71. The van der Waals surface area contributed by atoms with Gasteiger partial charge in [0.05, 0.1) is 0 Å². The van der Waals surface area contributed by atoms with Crippen LogP contribution in [-0.4, -0.2) is 16.6 Å². The SMILES string of the molecule is CCOC1(c2nc(=S)c(C(C)C)c(C)[nH]2)CCCC(C)C1. The molecule has 0 radical (unpaired) electrons. The largest absolute Gasteiger partial charge is 0.367 e. The fraction of sp³-hybridized carbons (Fsp3) is 0.765. The molecule has 21 heavy (non-hydrogen) atoms. The molecule has 1 saturated carbocycles. The van der Waals surface area contributed by atoms with Crippen LogP contribution < -0.4 is 0 Å². The highest BCUT2D eigenvalue weighted by Gasteiger charge is 2.39. The maximum atomic E-state index is 6.20. The van der Waals surface area contributed by atoms with Crippen molar-refractivity contribution < 1.29 is 4.74 Å². The van der Waals surface area contributed by atoms with E-state index in [1.807, 2.05) is 0 Å². The van der Waals surface area contributed by atoms with Crippen molar-refractivity contribution in [2.24, 2.45) is 5.92 Å². The highest BCUT2D eigenvalue weighted by atomic mass is 32.1. The molecular formula is C17H28N2OS. The van der Waals surface area contributed by atoms with E-state index < -0.39 is 0 Å². The number of aromatic nitrogens is 2. The van der Waals surface area contributed by atoms with Crippen LogP contribution in [0.15, 0.2) is 0 Å². The summed E-state index contributed by atoms with van der Waals surface area (Å²) in [7, 11) is 0. The number of hydrogen-bond acceptors (Lipinski definition) is 3. The lowest BCUT2D eigenvalue weighted by atomic mass is 9.78. The van der Waals surface area contributed by atoms with Crippen LogP contribution in [0.3, 0.4) is 0 Å². The summed E-state index contributed by atoms with van der Waals surface area (Å²) in [6.07, 6.45) is 4.52. The van der Waals surface area contributed by atoms with Gasteiger partial charge in [0.2, 0.25) is 0 Å². The molecule has 1 aromatic rings. The zero-order valence-corrected chi connectivity index (χ0v) is 14.8. The van der Waals surface area contributed by atoms with Gasteiger partial charge in [-0.05, 0) is 44.9 Å². The highest BCUT2D eigenvalue weighted by molar-refractivity contribution is 7.71. The molecule has 2 rings (SSSR count). The van der Waals surface area contributed by atoms with Crippen LogP contribution in [0.25, 0.3) is 0 Å². The third-order valence-corrected chi connectivity index (χ3v) is 4.85. The summed E-state index contributed by atoms with van der Waals surface area (Å²) in [5.41, 5.74) is 2.02. The number of H-pyrrole nitrogens is 1. The molecule has 1 N–H and O–H groups in total. The van der Waals surface area contributed by atoms with Gasteiger partial charge in [-0.1, -0.05) is 39.4 Å². The molecule has 1 fully saturated rings. The summed E-state index contributed by atoms with van der Waals surface area (Å²) in [5.74, 6) is 1.99. The van der Waals surface area contributed by atoms with Crippen molar-refractivity contribution in [3.8, 4) is 0 Å². The zero-order valence-electron chi connectivity index (χ0n) is 14.0. The molecule has 0 spiro atoms. The molecule has 3 nitrogen and oxygen atoms in total. The Morgan fingerprint density at radius 3 is 2.71 bits per heavy atom. The Kier molecular flexibility index (Phi) is 5.20. The number of nitrogens with zero attached hydrogens (tertiary/aromatic N) is 1. The van der Waals surface area contributed by atoms with Crippen LogP contribution in [0.4, 0.5) is 0 Å². The van der Waals surface area contributed by atoms with E-state index in [1.165, 1.54) is 12.8 Å². The molecule has 0 aliphatic heterocycles. The molecular weight excluding hydrogens is 280 g/mol. The van der Waals surface area contributed by atoms with Crippen molar-refractivity contribution in [1.82, 2.24) is 9.97 Å². The third-order valence-electron chi connectivity index (χ3n) is 4.54. The van der Waals surface area contributed by atoms with Crippen LogP contribution in [-0.2, 0) is 10.3 Å². The molecule has 1 aromatic heterocycles. The molecule has 0 amide bonds. The van der Waals surface area contributed by atoms with Gasteiger partial charge in [-0.3, -0.25) is 0 Å². The van der Waals surface area contributed by atoms with Gasteiger partial charge < -0.3 is 9.72 Å². The average Bonchev–Trinajstić information content (AvgIpc) is 2.37. The van der Waals surface area contributed by atoms with Crippen molar-refractivity contribution >= 4 is 12.2 Å². The maximum absolute atomic E-state index is 6.20. The van der Waals surface area contributed by atoms with E-state index in [4.69, 9.17) is 21.9 Å². The molecule has 0 aromatic carbocycles. The topological polar surface area (TPSA) is 37.9 Å². The van der Waals surface area contributed by atoms with Crippen molar-refractivity contribution in [1.29, 1.82) is 0 Å². The van der Waals surface area contributed by atoms with E-state index in [2.05, 4.69) is 39.6 Å². The first kappa shape index (κ1) is 16.6. The minimum absolute atomic E-state index is 0.278. The monoisotopic (exact) mass is 308 g/mol. The Hall–Kier alpha value is -0.740. The van der Waals surface area contributed by atoms with E-state index in [9.17, 15) is 0 Å². The predicted octanol–water partition coefficient (Wildman–Crippen LogP) is 5.01. The van der Waals surface area contributed by atoms with Crippen molar-refractivity contribution in [2.75, 3.05) is 6.61 Å². The van der Waals surface area contributed by atoms with Gasteiger partial charge in [0, 0.05) is 17.9 Å². The Bertz CT molecular complexity index is 548. The fourth-order valence-electron chi connectivity index (χ4n) is 3.68. The number of nitrogens with one attached hydrogen (secondary N) is 1. The standard InChI is InChI=1S/C17H28N2OS/c1-6-20-17(9-7-8-12(4)10-17)16-18-13(5)14(11(2)3)15(21)19-16/h11-12H,6-10H2,1-5H3,(H,18,19,21). The summed E-state index contributed by atoms with van der Waals surface area (Å²) in [5, 5.41) is 0. The normalized spacial score (nSPS) is 26.3. The first-order chi connectivity index (χ1) is 9.89. The smallest absolute Gasteiger partial charge is 0.140 e.